The van der Waals surface area contributed by atoms with Gasteiger partial charge in [0.05, 0.1) is 58.9 Å². The third-order valence-electron chi connectivity index (χ3n) is 21.0. The van der Waals surface area contributed by atoms with E-state index in [1.807, 2.05) is 0 Å². The minimum absolute atomic E-state index is 0.236. The number of benzene rings is 2. The zero-order valence-corrected chi connectivity index (χ0v) is 68.3. The Morgan fingerprint density at radius 2 is 0.650 bits per heavy atom. The lowest BCUT2D eigenvalue weighted by atomic mass is 9.88. The number of hydrogen-bond acceptors (Lipinski definition) is 12. The summed E-state index contributed by atoms with van der Waals surface area (Å²) in [6.07, 6.45) is 56.8. The van der Waals surface area contributed by atoms with Crippen LogP contribution in [0.3, 0.4) is 0 Å². The van der Waals surface area contributed by atoms with E-state index in [-0.39, 0.29) is 11.1 Å². The van der Waals surface area contributed by atoms with Crippen LogP contribution in [0.2, 0.25) is 0 Å². The van der Waals surface area contributed by atoms with Gasteiger partial charge in [-0.1, -0.05) is 311 Å². The molecular weight excluding hydrogens is 1350 g/mol. The summed E-state index contributed by atoms with van der Waals surface area (Å²) in [5, 5.41) is 0. The minimum atomic E-state index is -0.827. The lowest BCUT2D eigenvalue weighted by Gasteiger charge is -2.20. The first kappa shape index (κ1) is 82.0. The largest absolute Gasteiger partial charge is 0.489 e. The van der Waals surface area contributed by atoms with Crippen molar-refractivity contribution in [3.8, 4) is 63.0 Å². The summed E-state index contributed by atoms with van der Waals surface area (Å²) in [5.74, 6) is 0.908. The van der Waals surface area contributed by atoms with Crippen molar-refractivity contribution in [2.45, 2.75) is 351 Å². The number of thiophene rings is 4. The molecule has 6 aromatic heterocycles. The monoisotopic (exact) mass is 1480 g/mol. The molecule has 0 saturated carbocycles. The summed E-state index contributed by atoms with van der Waals surface area (Å²) in [6, 6.07) is 13.3. The second kappa shape index (κ2) is 47.0. The number of ether oxygens (including phenoxy) is 2. The first-order chi connectivity index (χ1) is 49.1. The molecule has 0 N–H and O–H groups in total. The van der Waals surface area contributed by atoms with Gasteiger partial charge < -0.3 is 9.47 Å². The van der Waals surface area contributed by atoms with Gasteiger partial charge in [0.2, 0.25) is 0 Å². The number of nitrogens with zero attached hydrogens (tertiary/aromatic N) is 4. The summed E-state index contributed by atoms with van der Waals surface area (Å²) >= 11 is 9.03. The quantitative estimate of drug-likeness (QED) is 0.0354. The van der Waals surface area contributed by atoms with E-state index in [1.54, 1.807) is 45.3 Å². The van der Waals surface area contributed by atoms with Crippen molar-refractivity contribution in [1.82, 2.24) is 17.5 Å². The fourth-order valence-corrected chi connectivity index (χ4v) is 20.5. The second-order valence-corrected chi connectivity index (χ2v) is 35.2. The van der Waals surface area contributed by atoms with Crippen molar-refractivity contribution in [3.63, 3.8) is 0 Å². The van der Waals surface area contributed by atoms with Crippen molar-refractivity contribution in [1.29, 1.82) is 0 Å². The van der Waals surface area contributed by atoms with Crippen LogP contribution in [-0.2, 0) is 12.8 Å². The molecule has 2 atom stereocenters. The SMILES string of the molecule is CCCCCCCCCCC(CCCCCCCC)Cc1cc(-c2c(F)c(F)c(-c3cc(CC(CCCCCCCC)CCCCCCCCCC)c(-c4ccc(-c5c(OCCCCCCCC)c(OCCCCCCCC)c(-c6ccc(C)s6)c6nsnc56)s4)s3)c3nsnc23)sc1C. The van der Waals surface area contributed by atoms with E-state index in [4.69, 9.17) is 27.0 Å². The highest BCUT2D eigenvalue weighted by Gasteiger charge is 2.32. The predicted octanol–water partition coefficient (Wildman–Crippen LogP) is 31.5. The second-order valence-electron chi connectivity index (χ2n) is 29.5. The Bertz CT molecular complexity index is 3530. The van der Waals surface area contributed by atoms with Crippen LogP contribution in [0.5, 0.6) is 11.5 Å². The fraction of sp³-hybridized carbons (Fsp3) is 0.674. The summed E-state index contributed by atoms with van der Waals surface area (Å²) in [5.41, 5.74) is 7.47. The average molecular weight is 1480 g/mol. The number of rotatable bonds is 57. The van der Waals surface area contributed by atoms with Crippen molar-refractivity contribution in [3.05, 3.63) is 68.9 Å². The molecule has 8 rings (SSSR count). The molecule has 0 aliphatic carbocycles. The molecule has 6 heterocycles. The summed E-state index contributed by atoms with van der Waals surface area (Å²) in [7, 11) is 0. The van der Waals surface area contributed by atoms with E-state index >= 15 is 8.78 Å². The van der Waals surface area contributed by atoms with Gasteiger partial charge >= 0.3 is 0 Å². The van der Waals surface area contributed by atoms with E-state index < -0.39 is 11.6 Å². The minimum Gasteiger partial charge on any atom is -0.489 e. The Hall–Kier alpha value is -3.66. The van der Waals surface area contributed by atoms with Crippen LogP contribution in [0.4, 0.5) is 8.78 Å². The molecule has 0 radical (unpaired) electrons. The van der Waals surface area contributed by atoms with Crippen molar-refractivity contribution >= 4 is 90.9 Å². The maximum atomic E-state index is 18.0. The first-order valence-electron chi connectivity index (χ1n) is 40.7. The molecular formula is C86H128F2N4O2S6. The zero-order valence-electron chi connectivity index (χ0n) is 63.4. The van der Waals surface area contributed by atoms with Crippen LogP contribution < -0.4 is 9.47 Å². The molecule has 0 aliphatic heterocycles. The number of hydrogen-bond donors (Lipinski definition) is 0. The normalized spacial score (nSPS) is 12.5. The van der Waals surface area contributed by atoms with E-state index in [1.165, 1.54) is 277 Å². The zero-order chi connectivity index (χ0) is 70.5. The third kappa shape index (κ3) is 25.3. The van der Waals surface area contributed by atoms with E-state index in [0.717, 1.165) is 121 Å². The van der Waals surface area contributed by atoms with Gasteiger partial charge in [-0.15, -0.1) is 45.3 Å². The number of aryl methyl sites for hydroxylation is 2. The predicted molar refractivity (Wildman–Crippen MR) is 439 cm³/mol. The van der Waals surface area contributed by atoms with Crippen LogP contribution in [-0.4, -0.2) is 30.7 Å². The molecule has 2 unspecified atom stereocenters. The topological polar surface area (TPSA) is 70.0 Å². The number of aromatic nitrogens is 4. The van der Waals surface area contributed by atoms with Gasteiger partial charge in [0.25, 0.3) is 0 Å². The van der Waals surface area contributed by atoms with Crippen LogP contribution in [0.25, 0.3) is 73.6 Å². The lowest BCUT2D eigenvalue weighted by Crippen LogP contribution is -2.06. The van der Waals surface area contributed by atoms with Gasteiger partial charge in [-0.25, -0.2) is 8.78 Å². The third-order valence-corrected chi connectivity index (χ3v) is 26.6. The first-order valence-corrected chi connectivity index (χ1v) is 45.5. The fourth-order valence-electron chi connectivity index (χ4n) is 15.0. The Kier molecular flexibility index (Phi) is 38.6. The van der Waals surface area contributed by atoms with Gasteiger partial charge in [-0.05, 0) is 98.9 Å². The number of halogens is 2. The molecule has 554 valence electrons. The molecule has 0 amide bonds. The summed E-state index contributed by atoms with van der Waals surface area (Å²) in [4.78, 5) is 8.24. The lowest BCUT2D eigenvalue weighted by molar-refractivity contribution is 0.260. The molecule has 0 bridgehead atoms. The smallest absolute Gasteiger partial charge is 0.172 e. The van der Waals surface area contributed by atoms with Crippen molar-refractivity contribution in [2.75, 3.05) is 13.2 Å². The number of unbranched alkanes of at least 4 members (excludes halogenated alkanes) is 34. The van der Waals surface area contributed by atoms with E-state index in [9.17, 15) is 0 Å². The molecule has 8 aromatic rings. The molecule has 6 nitrogen and oxygen atoms in total. The van der Waals surface area contributed by atoms with Crippen LogP contribution in [0.1, 0.15) is 345 Å². The molecule has 0 fully saturated rings. The Morgan fingerprint density at radius 1 is 0.330 bits per heavy atom. The Morgan fingerprint density at radius 3 is 1.04 bits per heavy atom. The van der Waals surface area contributed by atoms with Crippen LogP contribution in [0.15, 0.2) is 36.4 Å². The highest BCUT2D eigenvalue weighted by atomic mass is 32.1. The Labute approximate surface area is 629 Å². The van der Waals surface area contributed by atoms with Crippen LogP contribution >= 0.6 is 68.8 Å². The molecule has 2 aromatic carbocycles. The maximum Gasteiger partial charge on any atom is 0.172 e. The van der Waals surface area contributed by atoms with Crippen molar-refractivity contribution < 1.29 is 18.3 Å². The van der Waals surface area contributed by atoms with Gasteiger partial charge in [0, 0.05) is 39.0 Å². The standard InChI is InChI=1S/C86H128F2N4O2S6/c1-9-15-21-27-33-35-39-45-50-65(49-43-37-29-23-17-11-3)59-67-61-72(96-64(67)8)74-78(87)79(88)75(81-80(74)89-99-90-81)73-62-68(60-66(51-44-38-30-24-18-12-4)52-46-40-36-34-28-22-16-10-2)86(98-73)71-56-55-70(97-71)77-83-82(91-100-92-83)76(69-54-53-63(7)95-69)84(93-57-47-41-31-25-19-13-5)85(77)94-58-48-42-32-26-20-14-6/h53-56,61-62,65-66H,9-52,57-60H2,1-8H3. The number of fused-ring (bicyclic) bond motifs is 2. The van der Waals surface area contributed by atoms with E-state index in [0.29, 0.717) is 41.0 Å². The van der Waals surface area contributed by atoms with E-state index in [2.05, 4.69) is 91.8 Å². The van der Waals surface area contributed by atoms with Gasteiger partial charge in [0.1, 0.15) is 22.1 Å². The molecule has 0 saturated heterocycles. The average Bonchev–Trinajstić information content (AvgIpc) is 1.53. The molecule has 100 heavy (non-hydrogen) atoms. The maximum absolute atomic E-state index is 18.0. The summed E-state index contributed by atoms with van der Waals surface area (Å²) < 4.78 is 70.3. The highest BCUT2D eigenvalue weighted by molar-refractivity contribution is 7.25. The van der Waals surface area contributed by atoms with Gasteiger partial charge in [-0.2, -0.15) is 17.5 Å². The molecule has 0 spiro atoms. The highest BCUT2D eigenvalue weighted by Crippen LogP contribution is 2.55. The molecule has 14 heteroatoms. The summed E-state index contributed by atoms with van der Waals surface area (Å²) in [6.45, 7) is 19.2. The van der Waals surface area contributed by atoms with Gasteiger partial charge in [-0.3, -0.25) is 0 Å². The van der Waals surface area contributed by atoms with Crippen LogP contribution in [0, 0.1) is 37.3 Å². The molecule has 0 aliphatic rings. The van der Waals surface area contributed by atoms with Gasteiger partial charge in [0.15, 0.2) is 23.1 Å². The Balaban J connectivity index is 1.19. The van der Waals surface area contributed by atoms with Crippen molar-refractivity contribution in [2.24, 2.45) is 11.8 Å².